The molecule has 1 amide bonds. The molecule has 1 N–H and O–H groups in total. The SMILES string of the molecule is CCc1ccc(CNC(=O)C2CCN(c3nccnc3Oc3ccccc3)CC2)cc1. The van der Waals surface area contributed by atoms with Crippen LogP contribution in [0.5, 0.6) is 11.6 Å². The molecule has 4 rings (SSSR count). The Morgan fingerprint density at radius 3 is 2.39 bits per heavy atom. The number of nitrogens with zero attached hydrogens (tertiary/aromatic N) is 3. The largest absolute Gasteiger partial charge is 0.436 e. The number of hydrogen-bond donors (Lipinski definition) is 1. The minimum absolute atomic E-state index is 0.0151. The summed E-state index contributed by atoms with van der Waals surface area (Å²) in [6.45, 7) is 4.20. The van der Waals surface area contributed by atoms with Crippen molar-refractivity contribution in [1.82, 2.24) is 15.3 Å². The lowest BCUT2D eigenvalue weighted by atomic mass is 9.96. The number of anilines is 1. The van der Waals surface area contributed by atoms with Gasteiger partial charge in [0.1, 0.15) is 5.75 Å². The third-order valence-corrected chi connectivity index (χ3v) is 5.67. The van der Waals surface area contributed by atoms with E-state index < -0.39 is 0 Å². The predicted octanol–water partition coefficient (Wildman–Crippen LogP) is 4.36. The van der Waals surface area contributed by atoms with Crippen molar-refractivity contribution in [3.05, 3.63) is 78.1 Å². The number of aryl methyl sites for hydroxylation is 1. The zero-order chi connectivity index (χ0) is 21.5. The lowest BCUT2D eigenvalue weighted by Gasteiger charge is -2.32. The smallest absolute Gasteiger partial charge is 0.263 e. The summed E-state index contributed by atoms with van der Waals surface area (Å²) in [6, 6.07) is 18.0. The zero-order valence-electron chi connectivity index (χ0n) is 17.8. The summed E-state index contributed by atoms with van der Waals surface area (Å²) < 4.78 is 5.95. The van der Waals surface area contributed by atoms with Crippen LogP contribution in [0.4, 0.5) is 5.82 Å². The molecule has 1 aliphatic rings. The number of piperidine rings is 1. The number of benzene rings is 2. The Labute approximate surface area is 183 Å². The summed E-state index contributed by atoms with van der Waals surface area (Å²) in [4.78, 5) is 23.7. The van der Waals surface area contributed by atoms with E-state index in [1.165, 1.54) is 5.56 Å². The molecule has 1 aliphatic heterocycles. The number of amides is 1. The Kier molecular flexibility index (Phi) is 6.77. The maximum absolute atomic E-state index is 12.7. The Balaban J connectivity index is 1.32. The number of carbonyl (C=O) groups excluding carboxylic acids is 1. The fourth-order valence-corrected chi connectivity index (χ4v) is 3.79. The van der Waals surface area contributed by atoms with Gasteiger partial charge in [-0.15, -0.1) is 0 Å². The van der Waals surface area contributed by atoms with Gasteiger partial charge in [0.05, 0.1) is 0 Å². The quantitative estimate of drug-likeness (QED) is 0.620. The molecule has 1 saturated heterocycles. The Morgan fingerprint density at radius 2 is 1.68 bits per heavy atom. The third-order valence-electron chi connectivity index (χ3n) is 5.67. The predicted molar refractivity (Wildman–Crippen MR) is 121 cm³/mol. The molecule has 6 nitrogen and oxygen atoms in total. The van der Waals surface area contributed by atoms with E-state index in [0.717, 1.165) is 49.5 Å². The van der Waals surface area contributed by atoms with Gasteiger partial charge in [-0.05, 0) is 42.5 Å². The number of carbonyl (C=O) groups is 1. The lowest BCUT2D eigenvalue weighted by molar-refractivity contribution is -0.125. The first-order chi connectivity index (χ1) is 15.2. The average molecular weight is 417 g/mol. The molecule has 0 spiro atoms. The van der Waals surface area contributed by atoms with E-state index in [0.29, 0.717) is 12.4 Å². The van der Waals surface area contributed by atoms with E-state index in [2.05, 4.69) is 51.4 Å². The molecule has 2 aromatic carbocycles. The van der Waals surface area contributed by atoms with Crippen LogP contribution in [-0.2, 0) is 17.8 Å². The summed E-state index contributed by atoms with van der Waals surface area (Å²) in [5.41, 5.74) is 2.44. The first-order valence-electron chi connectivity index (χ1n) is 10.9. The number of para-hydroxylation sites is 1. The maximum Gasteiger partial charge on any atom is 0.263 e. The second-order valence-corrected chi connectivity index (χ2v) is 7.75. The van der Waals surface area contributed by atoms with Gasteiger partial charge in [-0.3, -0.25) is 4.79 Å². The van der Waals surface area contributed by atoms with Gasteiger partial charge in [0.25, 0.3) is 5.88 Å². The van der Waals surface area contributed by atoms with Gasteiger partial charge < -0.3 is 15.0 Å². The van der Waals surface area contributed by atoms with Crippen LogP contribution >= 0.6 is 0 Å². The van der Waals surface area contributed by atoms with E-state index in [4.69, 9.17) is 4.74 Å². The monoisotopic (exact) mass is 416 g/mol. The van der Waals surface area contributed by atoms with E-state index in [9.17, 15) is 4.79 Å². The van der Waals surface area contributed by atoms with Crippen molar-refractivity contribution in [1.29, 1.82) is 0 Å². The molecule has 0 unspecified atom stereocenters. The standard InChI is InChI=1S/C25H28N4O2/c1-2-19-8-10-20(11-9-19)18-28-24(30)21-12-16-29(17-13-21)23-25(27-15-14-26-23)31-22-6-4-3-5-7-22/h3-11,14-15,21H,2,12-13,16-18H2,1H3,(H,28,30). The summed E-state index contributed by atoms with van der Waals surface area (Å²) in [7, 11) is 0. The minimum Gasteiger partial charge on any atom is -0.436 e. The highest BCUT2D eigenvalue weighted by atomic mass is 16.5. The summed E-state index contributed by atoms with van der Waals surface area (Å²) >= 11 is 0. The molecular formula is C25H28N4O2. The molecule has 0 bridgehead atoms. The summed E-state index contributed by atoms with van der Waals surface area (Å²) in [5.74, 6) is 2.08. The molecular weight excluding hydrogens is 388 g/mol. The van der Waals surface area contributed by atoms with Gasteiger partial charge in [-0.1, -0.05) is 49.4 Å². The van der Waals surface area contributed by atoms with Crippen LogP contribution in [0.1, 0.15) is 30.9 Å². The van der Waals surface area contributed by atoms with Crippen molar-refractivity contribution in [2.45, 2.75) is 32.7 Å². The molecule has 0 saturated carbocycles. The Bertz CT molecular complexity index is 984. The van der Waals surface area contributed by atoms with E-state index in [1.54, 1.807) is 12.4 Å². The molecule has 3 aromatic rings. The number of aromatic nitrogens is 2. The van der Waals surface area contributed by atoms with Crippen molar-refractivity contribution >= 4 is 11.7 Å². The van der Waals surface area contributed by atoms with Gasteiger partial charge in [-0.25, -0.2) is 9.97 Å². The number of nitrogens with one attached hydrogen (secondary N) is 1. The van der Waals surface area contributed by atoms with Gasteiger partial charge in [0, 0.05) is 37.9 Å². The topological polar surface area (TPSA) is 67.4 Å². The van der Waals surface area contributed by atoms with Gasteiger partial charge >= 0.3 is 0 Å². The van der Waals surface area contributed by atoms with Crippen LogP contribution < -0.4 is 15.0 Å². The minimum atomic E-state index is 0.0151. The first-order valence-corrected chi connectivity index (χ1v) is 10.9. The second-order valence-electron chi connectivity index (χ2n) is 7.75. The molecule has 1 aromatic heterocycles. The molecule has 31 heavy (non-hydrogen) atoms. The highest BCUT2D eigenvalue weighted by molar-refractivity contribution is 5.79. The highest BCUT2D eigenvalue weighted by Crippen LogP contribution is 2.30. The molecule has 0 radical (unpaired) electrons. The van der Waals surface area contributed by atoms with Gasteiger partial charge in [0.2, 0.25) is 5.91 Å². The van der Waals surface area contributed by atoms with Crippen LogP contribution in [-0.4, -0.2) is 29.0 Å². The first kappa shape index (κ1) is 20.8. The van der Waals surface area contributed by atoms with E-state index >= 15 is 0 Å². The molecule has 160 valence electrons. The molecule has 1 fully saturated rings. The average Bonchev–Trinajstić information content (AvgIpc) is 2.84. The van der Waals surface area contributed by atoms with Crippen LogP contribution in [0.15, 0.2) is 67.0 Å². The van der Waals surface area contributed by atoms with Crippen LogP contribution in [0.3, 0.4) is 0 Å². The number of rotatable bonds is 7. The zero-order valence-corrected chi connectivity index (χ0v) is 17.8. The fourth-order valence-electron chi connectivity index (χ4n) is 3.79. The fraction of sp³-hybridized carbons (Fsp3) is 0.320. The van der Waals surface area contributed by atoms with Crippen molar-refractivity contribution < 1.29 is 9.53 Å². The molecule has 0 aliphatic carbocycles. The van der Waals surface area contributed by atoms with Crippen LogP contribution in [0.2, 0.25) is 0 Å². The van der Waals surface area contributed by atoms with Crippen molar-refractivity contribution in [2.75, 3.05) is 18.0 Å². The number of ether oxygens (including phenoxy) is 1. The van der Waals surface area contributed by atoms with Crippen molar-refractivity contribution in [2.24, 2.45) is 5.92 Å². The molecule has 6 heteroatoms. The van der Waals surface area contributed by atoms with Gasteiger partial charge in [-0.2, -0.15) is 0 Å². The maximum atomic E-state index is 12.7. The van der Waals surface area contributed by atoms with Crippen molar-refractivity contribution in [3.8, 4) is 11.6 Å². The van der Waals surface area contributed by atoms with Crippen molar-refractivity contribution in [3.63, 3.8) is 0 Å². The summed E-state index contributed by atoms with van der Waals surface area (Å²) in [6.07, 6.45) is 5.89. The van der Waals surface area contributed by atoms with E-state index in [1.807, 2.05) is 30.3 Å². The lowest BCUT2D eigenvalue weighted by Crippen LogP contribution is -2.40. The number of hydrogen-bond acceptors (Lipinski definition) is 5. The molecule has 2 heterocycles. The normalized spacial score (nSPS) is 14.3. The van der Waals surface area contributed by atoms with Gasteiger partial charge in [0.15, 0.2) is 5.82 Å². The Morgan fingerprint density at radius 1 is 1.00 bits per heavy atom. The third kappa shape index (κ3) is 5.40. The van der Waals surface area contributed by atoms with E-state index in [-0.39, 0.29) is 11.8 Å². The Hall–Kier alpha value is -3.41. The second kappa shape index (κ2) is 10.1. The van der Waals surface area contributed by atoms with Crippen LogP contribution in [0.25, 0.3) is 0 Å². The van der Waals surface area contributed by atoms with Crippen LogP contribution in [0, 0.1) is 5.92 Å². The molecule has 0 atom stereocenters. The highest BCUT2D eigenvalue weighted by Gasteiger charge is 2.27. The summed E-state index contributed by atoms with van der Waals surface area (Å²) in [5, 5.41) is 3.09.